The summed E-state index contributed by atoms with van der Waals surface area (Å²) in [5, 5.41) is 23.7. The number of nitro groups is 1. The number of nitro benzene ring substituents is 1. The molecule has 0 unspecified atom stereocenters. The number of methoxy groups -OCH3 is 1. The molecule has 4 rings (SSSR count). The highest BCUT2D eigenvalue weighted by Crippen LogP contribution is 2.43. The van der Waals surface area contributed by atoms with E-state index in [1.807, 2.05) is 43.3 Å². The van der Waals surface area contributed by atoms with E-state index in [1.165, 1.54) is 35.8 Å². The van der Waals surface area contributed by atoms with Crippen molar-refractivity contribution in [2.45, 2.75) is 13.8 Å². The number of rotatable bonds is 7. The molecule has 1 N–H and O–H groups in total. The molecule has 4 aromatic rings. The fourth-order valence-electron chi connectivity index (χ4n) is 3.80. The molecule has 1 heterocycles. The van der Waals surface area contributed by atoms with Crippen LogP contribution >= 0.6 is 11.3 Å². The van der Waals surface area contributed by atoms with Gasteiger partial charge in [0.25, 0.3) is 0 Å². The molecule has 8 nitrogen and oxygen atoms in total. The largest absolute Gasteiger partial charge is 0.502 e. The van der Waals surface area contributed by atoms with Gasteiger partial charge in [-0.15, -0.1) is 11.3 Å². The van der Waals surface area contributed by atoms with Gasteiger partial charge >= 0.3 is 11.7 Å². The summed E-state index contributed by atoms with van der Waals surface area (Å²) in [5.74, 6) is -0.250. The van der Waals surface area contributed by atoms with Crippen LogP contribution in [0.4, 0.5) is 10.7 Å². The van der Waals surface area contributed by atoms with Gasteiger partial charge in [0.05, 0.1) is 18.6 Å². The minimum atomic E-state index is -0.667. The summed E-state index contributed by atoms with van der Waals surface area (Å²) in [7, 11) is 1.62. The number of aliphatic imine (C=N–C) groups is 1. The Bertz CT molecular complexity index is 1470. The molecule has 0 saturated carbocycles. The van der Waals surface area contributed by atoms with Gasteiger partial charge in [0.2, 0.25) is 5.75 Å². The van der Waals surface area contributed by atoms with Crippen molar-refractivity contribution >= 4 is 45.0 Å². The van der Waals surface area contributed by atoms with Gasteiger partial charge in [0.15, 0.2) is 0 Å². The molecule has 0 fully saturated rings. The molecular formula is C26H22N2O6S. The first kappa shape index (κ1) is 23.9. The summed E-state index contributed by atoms with van der Waals surface area (Å²) < 4.78 is 10.6. The zero-order valence-electron chi connectivity index (χ0n) is 19.3. The smallest absolute Gasteiger partial charge is 0.341 e. The maximum Gasteiger partial charge on any atom is 0.341 e. The van der Waals surface area contributed by atoms with Crippen LogP contribution in [0.2, 0.25) is 0 Å². The Kier molecular flexibility index (Phi) is 6.79. The maximum atomic E-state index is 13.0. The van der Waals surface area contributed by atoms with E-state index >= 15 is 0 Å². The molecule has 0 atom stereocenters. The third-order valence-electron chi connectivity index (χ3n) is 5.44. The predicted molar refractivity (Wildman–Crippen MR) is 137 cm³/mol. The third kappa shape index (κ3) is 4.71. The zero-order chi connectivity index (χ0) is 25.1. The number of phenols is 1. The molecule has 0 saturated heterocycles. The Morgan fingerprint density at radius 1 is 1.17 bits per heavy atom. The number of hydrogen-bond acceptors (Lipinski definition) is 8. The van der Waals surface area contributed by atoms with Crippen molar-refractivity contribution in [3.8, 4) is 22.6 Å². The van der Waals surface area contributed by atoms with Crippen LogP contribution in [0.5, 0.6) is 11.5 Å². The van der Waals surface area contributed by atoms with Gasteiger partial charge < -0.3 is 14.6 Å². The minimum Gasteiger partial charge on any atom is -0.502 e. The van der Waals surface area contributed by atoms with E-state index in [1.54, 1.807) is 14.0 Å². The van der Waals surface area contributed by atoms with Crippen molar-refractivity contribution in [1.29, 1.82) is 0 Å². The molecule has 0 aliphatic heterocycles. The van der Waals surface area contributed by atoms with E-state index in [0.29, 0.717) is 16.1 Å². The Morgan fingerprint density at radius 3 is 2.63 bits per heavy atom. The van der Waals surface area contributed by atoms with Crippen LogP contribution in [-0.2, 0) is 4.74 Å². The van der Waals surface area contributed by atoms with E-state index in [-0.39, 0.29) is 12.2 Å². The summed E-state index contributed by atoms with van der Waals surface area (Å²) in [6.45, 7) is 3.81. The first-order valence-corrected chi connectivity index (χ1v) is 11.5. The lowest BCUT2D eigenvalue weighted by atomic mass is 9.98. The van der Waals surface area contributed by atoms with E-state index in [0.717, 1.165) is 27.0 Å². The van der Waals surface area contributed by atoms with Gasteiger partial charge in [-0.05, 0) is 54.4 Å². The number of fused-ring (bicyclic) bond motifs is 1. The van der Waals surface area contributed by atoms with E-state index in [2.05, 4.69) is 4.99 Å². The molecule has 0 radical (unpaired) electrons. The highest BCUT2D eigenvalue weighted by Gasteiger charge is 2.24. The van der Waals surface area contributed by atoms with Crippen molar-refractivity contribution in [2.75, 3.05) is 13.7 Å². The highest BCUT2D eigenvalue weighted by molar-refractivity contribution is 7.16. The van der Waals surface area contributed by atoms with Crippen LogP contribution < -0.4 is 4.74 Å². The second-order valence-corrected chi connectivity index (χ2v) is 8.80. The summed E-state index contributed by atoms with van der Waals surface area (Å²) in [5.41, 5.74) is 1.60. The summed E-state index contributed by atoms with van der Waals surface area (Å²) >= 11 is 1.30. The van der Waals surface area contributed by atoms with Crippen LogP contribution in [-0.4, -0.2) is 35.9 Å². The van der Waals surface area contributed by atoms with Crippen molar-refractivity contribution < 1.29 is 24.3 Å². The number of nitrogens with zero attached hydrogens (tertiary/aromatic N) is 2. The second-order valence-electron chi connectivity index (χ2n) is 7.59. The van der Waals surface area contributed by atoms with Gasteiger partial charge in [-0.3, -0.25) is 10.1 Å². The number of thiophene rings is 1. The minimum absolute atomic E-state index is 0.168. The van der Waals surface area contributed by atoms with E-state index in [4.69, 9.17) is 9.47 Å². The molecule has 3 aromatic carbocycles. The SMILES string of the molecule is CCOC(=O)c1c(N=Cc2cccc([N+](=O)[O-])c2O)sc(C)c1-c1ccc2cc(OC)ccc2c1. The first-order chi connectivity index (χ1) is 16.8. The normalized spacial score (nSPS) is 11.2. The topological polar surface area (TPSA) is 111 Å². The summed E-state index contributed by atoms with van der Waals surface area (Å²) in [6, 6.07) is 15.8. The van der Waals surface area contributed by atoms with Crippen molar-refractivity contribution in [3.63, 3.8) is 0 Å². The molecule has 9 heteroatoms. The van der Waals surface area contributed by atoms with Gasteiger partial charge in [-0.25, -0.2) is 9.79 Å². The highest BCUT2D eigenvalue weighted by atomic mass is 32.1. The second kappa shape index (κ2) is 9.94. The molecule has 0 amide bonds. The molecular weight excluding hydrogens is 468 g/mol. The number of esters is 1. The average molecular weight is 491 g/mol. The van der Waals surface area contributed by atoms with E-state index in [9.17, 15) is 20.0 Å². The molecule has 0 spiro atoms. The Labute approximate surface area is 205 Å². The van der Waals surface area contributed by atoms with Crippen LogP contribution in [0, 0.1) is 17.0 Å². The number of carbonyl (C=O) groups is 1. The number of benzene rings is 3. The standard InChI is InChI=1S/C26H22N2O6S/c1-4-34-26(30)23-22(18-9-8-17-13-20(33-3)11-10-16(17)12-18)15(2)35-25(23)27-14-19-6-5-7-21(24(19)29)28(31)32/h5-14,29H,4H2,1-3H3. The number of hydrogen-bond donors (Lipinski definition) is 1. The summed E-state index contributed by atoms with van der Waals surface area (Å²) in [6.07, 6.45) is 1.31. The Balaban J connectivity index is 1.83. The Hall–Kier alpha value is -4.24. The zero-order valence-corrected chi connectivity index (χ0v) is 20.1. The quantitative estimate of drug-likeness (QED) is 0.138. The number of ether oxygens (including phenoxy) is 2. The number of phenolic OH excluding ortho intramolecular Hbond substituents is 1. The molecule has 1 aromatic heterocycles. The summed E-state index contributed by atoms with van der Waals surface area (Å²) in [4.78, 5) is 28.7. The average Bonchev–Trinajstić information content (AvgIpc) is 3.18. The lowest BCUT2D eigenvalue weighted by Gasteiger charge is -2.09. The Morgan fingerprint density at radius 2 is 1.91 bits per heavy atom. The van der Waals surface area contributed by atoms with Crippen LogP contribution in [0.25, 0.3) is 21.9 Å². The third-order valence-corrected chi connectivity index (χ3v) is 6.46. The van der Waals surface area contributed by atoms with E-state index < -0.39 is 22.3 Å². The fraction of sp³-hybridized carbons (Fsp3) is 0.154. The molecule has 0 aliphatic rings. The fourth-order valence-corrected chi connectivity index (χ4v) is 4.80. The van der Waals surface area contributed by atoms with Crippen molar-refractivity contribution in [2.24, 2.45) is 4.99 Å². The van der Waals surface area contributed by atoms with Crippen molar-refractivity contribution in [1.82, 2.24) is 0 Å². The lowest BCUT2D eigenvalue weighted by Crippen LogP contribution is -2.05. The maximum absolute atomic E-state index is 13.0. The molecule has 178 valence electrons. The van der Waals surface area contributed by atoms with Gasteiger partial charge in [0, 0.05) is 28.3 Å². The van der Waals surface area contributed by atoms with Gasteiger partial charge in [-0.1, -0.05) is 24.3 Å². The number of carbonyl (C=O) groups excluding carboxylic acids is 1. The number of para-hydroxylation sites is 1. The van der Waals surface area contributed by atoms with Gasteiger partial charge in [0.1, 0.15) is 16.3 Å². The monoisotopic (exact) mass is 490 g/mol. The number of aryl methyl sites for hydroxylation is 1. The first-order valence-electron chi connectivity index (χ1n) is 10.7. The molecule has 0 bridgehead atoms. The van der Waals surface area contributed by atoms with Crippen LogP contribution in [0.3, 0.4) is 0 Å². The van der Waals surface area contributed by atoms with Gasteiger partial charge in [-0.2, -0.15) is 0 Å². The van der Waals surface area contributed by atoms with Crippen LogP contribution in [0.1, 0.15) is 27.7 Å². The van der Waals surface area contributed by atoms with Crippen LogP contribution in [0.15, 0.2) is 59.6 Å². The molecule has 35 heavy (non-hydrogen) atoms. The lowest BCUT2D eigenvalue weighted by molar-refractivity contribution is -0.385. The molecule has 0 aliphatic carbocycles. The van der Waals surface area contributed by atoms with Crippen molar-refractivity contribution in [3.05, 3.63) is 80.7 Å². The predicted octanol–water partition coefficient (Wildman–Crippen LogP) is 6.43. The number of aromatic hydroxyl groups is 1.